The molecule has 4 heteroatoms. The van der Waals surface area contributed by atoms with Crippen molar-refractivity contribution in [3.05, 3.63) is 0 Å². The van der Waals surface area contributed by atoms with Crippen LogP contribution in [0.1, 0.15) is 13.8 Å². The monoisotopic (exact) mass is 256 g/mol. The Bertz CT molecular complexity index is 263. The van der Waals surface area contributed by atoms with Crippen LogP contribution in [-0.4, -0.2) is 98.6 Å². The topological polar surface area (TPSA) is 6.48 Å². The maximum Gasteiger partial charge on any atom is 0.136 e. The Morgan fingerprint density at radius 1 is 0.889 bits per heavy atom. The van der Waals surface area contributed by atoms with E-state index in [1.807, 2.05) is 0 Å². The van der Waals surface area contributed by atoms with Gasteiger partial charge in [0.25, 0.3) is 0 Å². The molecule has 106 valence electrons. The Hall–Kier alpha value is -0.160. The van der Waals surface area contributed by atoms with Crippen molar-refractivity contribution in [2.75, 3.05) is 73.7 Å². The summed E-state index contributed by atoms with van der Waals surface area (Å²) in [6.07, 6.45) is 0. The standard InChI is InChI=1S/C14H32N4/c1-14(2)18-9-6-17(7-10-18,8-11-18)13-16(5)12-15(3)4/h14H,6-13H2,1-5H3/q+2. The predicted octanol–water partition coefficient (Wildman–Crippen LogP) is 0.464. The lowest BCUT2D eigenvalue weighted by atomic mass is 10.0. The van der Waals surface area contributed by atoms with Crippen LogP contribution >= 0.6 is 0 Å². The van der Waals surface area contributed by atoms with Crippen molar-refractivity contribution in [2.24, 2.45) is 0 Å². The van der Waals surface area contributed by atoms with E-state index in [1.54, 1.807) is 0 Å². The van der Waals surface area contributed by atoms with Gasteiger partial charge in [0.05, 0.1) is 12.7 Å². The minimum atomic E-state index is 0.812. The van der Waals surface area contributed by atoms with E-state index in [9.17, 15) is 0 Å². The maximum atomic E-state index is 2.49. The van der Waals surface area contributed by atoms with Gasteiger partial charge in [0.15, 0.2) is 0 Å². The molecule has 0 spiro atoms. The smallest absolute Gasteiger partial charge is 0.136 e. The van der Waals surface area contributed by atoms with Crippen molar-refractivity contribution in [3.8, 4) is 0 Å². The molecule has 0 radical (unpaired) electrons. The number of quaternary nitrogens is 2. The van der Waals surface area contributed by atoms with Crippen LogP contribution < -0.4 is 0 Å². The summed E-state index contributed by atoms with van der Waals surface area (Å²) in [4.78, 5) is 4.75. The first-order valence-electron chi connectivity index (χ1n) is 7.42. The molecule has 2 bridgehead atoms. The minimum Gasteiger partial charge on any atom is -0.308 e. The predicted molar refractivity (Wildman–Crippen MR) is 76.0 cm³/mol. The lowest BCUT2D eigenvalue weighted by Crippen LogP contribution is -2.77. The maximum absolute atomic E-state index is 2.49. The summed E-state index contributed by atoms with van der Waals surface area (Å²) >= 11 is 0. The Balaban J connectivity index is 1.93. The van der Waals surface area contributed by atoms with Gasteiger partial charge < -0.3 is 4.48 Å². The van der Waals surface area contributed by atoms with Crippen LogP contribution in [0.3, 0.4) is 0 Å². The second-order valence-electron chi connectivity index (χ2n) is 7.21. The first kappa shape index (κ1) is 14.3. The molecule has 3 heterocycles. The SMILES string of the molecule is CC(C)[N+]12CC[N+](CN(C)CN(C)C)(CC1)CC2. The number of rotatable bonds is 5. The van der Waals surface area contributed by atoms with Gasteiger partial charge in [-0.15, -0.1) is 0 Å². The molecular weight excluding hydrogens is 224 g/mol. The van der Waals surface area contributed by atoms with Gasteiger partial charge >= 0.3 is 0 Å². The zero-order chi connectivity index (χ0) is 13.4. The molecule has 0 atom stereocenters. The Morgan fingerprint density at radius 2 is 1.39 bits per heavy atom. The molecule has 0 N–H and O–H groups in total. The molecule has 0 aromatic heterocycles. The van der Waals surface area contributed by atoms with E-state index in [0.717, 1.165) is 12.7 Å². The molecule has 3 aliphatic heterocycles. The third-order valence-electron chi connectivity index (χ3n) is 5.22. The normalized spacial score (nSPS) is 36.0. The van der Waals surface area contributed by atoms with Crippen LogP contribution in [-0.2, 0) is 0 Å². The lowest BCUT2D eigenvalue weighted by molar-refractivity contribution is -1.09. The van der Waals surface area contributed by atoms with Gasteiger partial charge in [-0.25, -0.2) is 4.90 Å². The average Bonchev–Trinajstić information content (AvgIpc) is 2.29. The first-order chi connectivity index (χ1) is 8.38. The molecule has 0 amide bonds. The van der Waals surface area contributed by atoms with E-state index in [-0.39, 0.29) is 0 Å². The van der Waals surface area contributed by atoms with Gasteiger partial charge in [-0.2, -0.15) is 0 Å². The molecule has 0 aromatic rings. The summed E-state index contributed by atoms with van der Waals surface area (Å²) in [5.74, 6) is 0. The van der Waals surface area contributed by atoms with Crippen LogP contribution in [0.2, 0.25) is 0 Å². The van der Waals surface area contributed by atoms with Crippen LogP contribution in [0.25, 0.3) is 0 Å². The summed E-state index contributed by atoms with van der Waals surface area (Å²) in [5.41, 5.74) is 0. The van der Waals surface area contributed by atoms with Crippen molar-refractivity contribution in [3.63, 3.8) is 0 Å². The quantitative estimate of drug-likeness (QED) is 0.521. The zero-order valence-electron chi connectivity index (χ0n) is 13.0. The van der Waals surface area contributed by atoms with Crippen LogP contribution in [0.15, 0.2) is 0 Å². The highest BCUT2D eigenvalue weighted by molar-refractivity contribution is 4.64. The van der Waals surface area contributed by atoms with Crippen LogP contribution in [0.5, 0.6) is 0 Å². The van der Waals surface area contributed by atoms with Crippen LogP contribution in [0, 0.1) is 0 Å². The number of fused-ring (bicyclic) bond motifs is 3. The van der Waals surface area contributed by atoms with E-state index >= 15 is 0 Å². The average molecular weight is 256 g/mol. The third-order valence-corrected chi connectivity index (χ3v) is 5.22. The number of nitrogens with zero attached hydrogens (tertiary/aromatic N) is 4. The van der Waals surface area contributed by atoms with Crippen LogP contribution in [0.4, 0.5) is 0 Å². The Kier molecular flexibility index (Phi) is 4.02. The molecule has 3 fully saturated rings. The van der Waals surface area contributed by atoms with Crippen molar-refractivity contribution < 1.29 is 8.97 Å². The van der Waals surface area contributed by atoms with Gasteiger partial charge in [-0.1, -0.05) is 0 Å². The molecule has 3 rings (SSSR count). The first-order valence-corrected chi connectivity index (χ1v) is 7.42. The van der Waals surface area contributed by atoms with Crippen molar-refractivity contribution >= 4 is 0 Å². The van der Waals surface area contributed by atoms with E-state index in [0.29, 0.717) is 0 Å². The van der Waals surface area contributed by atoms with Gasteiger partial charge in [-0.3, -0.25) is 9.38 Å². The van der Waals surface area contributed by atoms with Gasteiger partial charge in [0.1, 0.15) is 45.9 Å². The fourth-order valence-electron chi connectivity index (χ4n) is 3.93. The summed E-state index contributed by atoms with van der Waals surface area (Å²) < 4.78 is 2.73. The molecule has 18 heavy (non-hydrogen) atoms. The van der Waals surface area contributed by atoms with Gasteiger partial charge in [0.2, 0.25) is 0 Å². The highest BCUT2D eigenvalue weighted by Gasteiger charge is 2.50. The van der Waals surface area contributed by atoms with E-state index in [2.05, 4.69) is 44.8 Å². The molecule has 4 nitrogen and oxygen atoms in total. The fraction of sp³-hybridized carbons (Fsp3) is 1.00. The van der Waals surface area contributed by atoms with Gasteiger partial charge in [0, 0.05) is 0 Å². The van der Waals surface area contributed by atoms with Crippen molar-refractivity contribution in [1.29, 1.82) is 0 Å². The number of hydrogen-bond acceptors (Lipinski definition) is 2. The largest absolute Gasteiger partial charge is 0.308 e. The van der Waals surface area contributed by atoms with E-state index in [1.165, 1.54) is 54.9 Å². The van der Waals surface area contributed by atoms with Crippen molar-refractivity contribution in [1.82, 2.24) is 9.80 Å². The summed E-state index contributed by atoms with van der Waals surface area (Å²) in [6, 6.07) is 0.812. The Morgan fingerprint density at radius 3 is 1.78 bits per heavy atom. The summed E-state index contributed by atoms with van der Waals surface area (Å²) in [6.45, 7) is 15.5. The van der Waals surface area contributed by atoms with E-state index < -0.39 is 0 Å². The highest BCUT2D eigenvalue weighted by atomic mass is 15.6. The van der Waals surface area contributed by atoms with Gasteiger partial charge in [-0.05, 0) is 35.0 Å². The molecule has 0 aromatic carbocycles. The highest BCUT2D eigenvalue weighted by Crippen LogP contribution is 2.29. The molecule has 3 saturated heterocycles. The summed E-state index contributed by atoms with van der Waals surface area (Å²) in [5, 5.41) is 0. The lowest BCUT2D eigenvalue weighted by Gasteiger charge is -2.57. The molecule has 0 unspecified atom stereocenters. The zero-order valence-corrected chi connectivity index (χ0v) is 13.0. The number of hydrogen-bond donors (Lipinski definition) is 0. The minimum absolute atomic E-state index is 0.812. The fourth-order valence-corrected chi connectivity index (χ4v) is 3.93. The second kappa shape index (κ2) is 5.08. The number of piperazine rings is 3. The molecule has 0 saturated carbocycles. The second-order valence-corrected chi connectivity index (χ2v) is 7.21. The van der Waals surface area contributed by atoms with Crippen molar-refractivity contribution in [2.45, 2.75) is 19.9 Å². The molecule has 3 aliphatic rings. The molecular formula is C14H32N4+2. The molecule has 0 aliphatic carbocycles. The summed E-state index contributed by atoms with van der Waals surface area (Å²) in [7, 11) is 6.58. The third kappa shape index (κ3) is 2.72. The van der Waals surface area contributed by atoms with E-state index in [4.69, 9.17) is 0 Å². The Labute approximate surface area is 113 Å².